The second kappa shape index (κ2) is 7.19. The molecule has 0 fully saturated rings. The molecule has 1 atom stereocenters. The van der Waals surface area contributed by atoms with E-state index in [1.165, 1.54) is 26.0 Å². The van der Waals surface area contributed by atoms with E-state index in [9.17, 15) is 18.0 Å². The lowest BCUT2D eigenvalue weighted by Gasteiger charge is -2.12. The molecule has 1 rings (SSSR count). The maximum Gasteiger partial charge on any atom is 0.304 e. The Labute approximate surface area is 123 Å². The van der Waals surface area contributed by atoms with Crippen molar-refractivity contribution >= 4 is 21.9 Å². The number of benzene rings is 1. The molecule has 0 aliphatic rings. The van der Waals surface area contributed by atoms with Crippen LogP contribution in [0.15, 0.2) is 29.2 Å². The average molecular weight is 314 g/mol. The van der Waals surface area contributed by atoms with E-state index in [-0.39, 0.29) is 17.2 Å². The van der Waals surface area contributed by atoms with Crippen molar-refractivity contribution in [2.45, 2.75) is 37.8 Å². The maximum atomic E-state index is 12.0. The molecular weight excluding hydrogens is 296 g/mol. The molecule has 7 nitrogen and oxygen atoms in total. The number of carbonyl (C=O) groups is 2. The average Bonchev–Trinajstić information content (AvgIpc) is 2.35. The van der Waals surface area contributed by atoms with Crippen LogP contribution in [0.4, 0.5) is 0 Å². The fraction of sp³-hybridized carbons (Fsp3) is 0.385. The highest BCUT2D eigenvalue weighted by atomic mass is 32.2. The molecule has 1 amide bonds. The Hall–Kier alpha value is -1.93. The van der Waals surface area contributed by atoms with Crippen LogP contribution in [0, 0.1) is 0 Å². The van der Waals surface area contributed by atoms with Crippen LogP contribution in [0.1, 0.15) is 25.8 Å². The molecule has 0 bridgehead atoms. The number of hydrogen-bond donors (Lipinski definition) is 3. The van der Waals surface area contributed by atoms with Crippen LogP contribution in [0.2, 0.25) is 0 Å². The van der Waals surface area contributed by atoms with Gasteiger partial charge in [-0.1, -0.05) is 12.1 Å². The molecular formula is C13H18N2O5S. The fourth-order valence-electron chi connectivity index (χ4n) is 1.65. The number of amides is 1. The molecule has 1 aromatic rings. The van der Waals surface area contributed by atoms with Gasteiger partial charge in [0.05, 0.1) is 11.3 Å². The summed E-state index contributed by atoms with van der Waals surface area (Å²) in [5, 5.41) is 11.2. The van der Waals surface area contributed by atoms with E-state index in [0.717, 1.165) is 5.56 Å². The minimum absolute atomic E-state index is 0.0475. The molecule has 0 aromatic heterocycles. The van der Waals surface area contributed by atoms with E-state index < -0.39 is 22.0 Å². The number of aliphatic carboxylic acids is 1. The Morgan fingerprint density at radius 3 is 2.29 bits per heavy atom. The SMILES string of the molecule is CC(=O)NCc1ccc(S(=O)(=O)NC(C)CC(=O)O)cc1. The summed E-state index contributed by atoms with van der Waals surface area (Å²) in [6.45, 7) is 3.20. The molecule has 8 heteroatoms. The van der Waals surface area contributed by atoms with Crippen LogP contribution in [0.25, 0.3) is 0 Å². The van der Waals surface area contributed by atoms with Crippen molar-refractivity contribution in [3.63, 3.8) is 0 Å². The van der Waals surface area contributed by atoms with Crippen molar-refractivity contribution < 1.29 is 23.1 Å². The number of rotatable bonds is 7. The molecule has 21 heavy (non-hydrogen) atoms. The maximum absolute atomic E-state index is 12.0. The van der Waals surface area contributed by atoms with Gasteiger partial charge in [-0.25, -0.2) is 13.1 Å². The third kappa shape index (κ3) is 5.92. The van der Waals surface area contributed by atoms with Crippen LogP contribution < -0.4 is 10.0 Å². The van der Waals surface area contributed by atoms with Gasteiger partial charge in [-0.2, -0.15) is 0 Å². The molecule has 0 aliphatic carbocycles. The number of nitrogens with one attached hydrogen (secondary N) is 2. The lowest BCUT2D eigenvalue weighted by Crippen LogP contribution is -2.34. The predicted octanol–water partition coefficient (Wildman–Crippen LogP) is 0.464. The summed E-state index contributed by atoms with van der Waals surface area (Å²) < 4.78 is 26.4. The highest BCUT2D eigenvalue weighted by molar-refractivity contribution is 7.89. The molecule has 0 saturated heterocycles. The second-order valence-electron chi connectivity index (χ2n) is 4.67. The van der Waals surface area contributed by atoms with E-state index in [0.29, 0.717) is 6.54 Å². The van der Waals surface area contributed by atoms with Crippen LogP contribution in [0.5, 0.6) is 0 Å². The van der Waals surface area contributed by atoms with Gasteiger partial charge in [0, 0.05) is 19.5 Å². The van der Waals surface area contributed by atoms with Gasteiger partial charge in [-0.15, -0.1) is 0 Å². The topological polar surface area (TPSA) is 113 Å². The molecule has 0 radical (unpaired) electrons. The van der Waals surface area contributed by atoms with Gasteiger partial charge in [0.15, 0.2) is 0 Å². The first-order chi connectivity index (χ1) is 9.70. The summed E-state index contributed by atoms with van der Waals surface area (Å²) in [5.41, 5.74) is 0.766. The molecule has 0 heterocycles. The summed E-state index contributed by atoms with van der Waals surface area (Å²) in [7, 11) is -3.75. The van der Waals surface area contributed by atoms with Crippen molar-refractivity contribution in [2.24, 2.45) is 0 Å². The number of carbonyl (C=O) groups excluding carboxylic acids is 1. The Kier molecular flexibility index (Phi) is 5.86. The summed E-state index contributed by atoms with van der Waals surface area (Å²) in [6.07, 6.45) is -0.292. The minimum Gasteiger partial charge on any atom is -0.481 e. The molecule has 116 valence electrons. The lowest BCUT2D eigenvalue weighted by atomic mass is 10.2. The lowest BCUT2D eigenvalue weighted by molar-refractivity contribution is -0.137. The van der Waals surface area contributed by atoms with Gasteiger partial charge in [0.2, 0.25) is 15.9 Å². The Bertz CT molecular complexity index is 610. The Balaban J connectivity index is 2.75. The van der Waals surface area contributed by atoms with E-state index in [1.54, 1.807) is 12.1 Å². The highest BCUT2D eigenvalue weighted by Gasteiger charge is 2.18. The number of carboxylic acid groups (broad SMARTS) is 1. The summed E-state index contributed by atoms with van der Waals surface area (Å²) in [5.74, 6) is -1.24. The predicted molar refractivity (Wildman–Crippen MR) is 76.0 cm³/mol. The summed E-state index contributed by atoms with van der Waals surface area (Å²) in [6, 6.07) is 5.30. The van der Waals surface area contributed by atoms with E-state index in [1.807, 2.05) is 0 Å². The molecule has 1 aromatic carbocycles. The van der Waals surface area contributed by atoms with Crippen LogP contribution in [0.3, 0.4) is 0 Å². The zero-order valence-corrected chi connectivity index (χ0v) is 12.6. The number of hydrogen-bond acceptors (Lipinski definition) is 4. The second-order valence-corrected chi connectivity index (χ2v) is 6.39. The van der Waals surface area contributed by atoms with Crippen LogP contribution in [-0.2, 0) is 26.2 Å². The van der Waals surface area contributed by atoms with Gasteiger partial charge in [0.25, 0.3) is 0 Å². The van der Waals surface area contributed by atoms with Crippen LogP contribution in [-0.4, -0.2) is 31.4 Å². The van der Waals surface area contributed by atoms with E-state index in [4.69, 9.17) is 5.11 Å². The van der Waals surface area contributed by atoms with Gasteiger partial charge in [-0.3, -0.25) is 9.59 Å². The fourth-order valence-corrected chi connectivity index (χ4v) is 2.89. The largest absolute Gasteiger partial charge is 0.481 e. The van der Waals surface area contributed by atoms with Gasteiger partial charge >= 0.3 is 5.97 Å². The summed E-state index contributed by atoms with van der Waals surface area (Å²) in [4.78, 5) is 21.4. The van der Waals surface area contributed by atoms with Crippen molar-refractivity contribution in [2.75, 3.05) is 0 Å². The zero-order chi connectivity index (χ0) is 16.0. The van der Waals surface area contributed by atoms with Gasteiger partial charge < -0.3 is 10.4 Å². The standard InChI is InChI=1S/C13H18N2O5S/c1-9(7-13(17)18)15-21(19,20)12-5-3-11(4-6-12)8-14-10(2)16/h3-6,9,15H,7-8H2,1-2H3,(H,14,16)(H,17,18). The van der Waals surface area contributed by atoms with E-state index in [2.05, 4.69) is 10.0 Å². The Morgan fingerprint density at radius 2 is 1.81 bits per heavy atom. The first-order valence-corrected chi connectivity index (χ1v) is 7.76. The summed E-state index contributed by atoms with van der Waals surface area (Å²) >= 11 is 0. The number of carboxylic acids is 1. The van der Waals surface area contributed by atoms with Gasteiger partial charge in [-0.05, 0) is 24.6 Å². The van der Waals surface area contributed by atoms with Crippen molar-refractivity contribution in [3.8, 4) is 0 Å². The monoisotopic (exact) mass is 314 g/mol. The third-order valence-electron chi connectivity index (χ3n) is 2.61. The highest BCUT2D eigenvalue weighted by Crippen LogP contribution is 2.11. The van der Waals surface area contributed by atoms with Crippen molar-refractivity contribution in [3.05, 3.63) is 29.8 Å². The normalized spacial score (nSPS) is 12.7. The molecule has 0 aliphatic heterocycles. The molecule has 3 N–H and O–H groups in total. The minimum atomic E-state index is -3.75. The number of sulfonamides is 1. The first-order valence-electron chi connectivity index (χ1n) is 6.28. The van der Waals surface area contributed by atoms with Gasteiger partial charge in [0.1, 0.15) is 0 Å². The Morgan fingerprint density at radius 1 is 1.24 bits per heavy atom. The molecule has 1 unspecified atom stereocenters. The molecule has 0 spiro atoms. The quantitative estimate of drug-likeness (QED) is 0.677. The smallest absolute Gasteiger partial charge is 0.304 e. The van der Waals surface area contributed by atoms with Crippen molar-refractivity contribution in [1.29, 1.82) is 0 Å². The van der Waals surface area contributed by atoms with Crippen LogP contribution >= 0.6 is 0 Å². The molecule has 0 saturated carbocycles. The third-order valence-corrected chi connectivity index (χ3v) is 4.22. The van der Waals surface area contributed by atoms with E-state index >= 15 is 0 Å². The first kappa shape index (κ1) is 17.1. The van der Waals surface area contributed by atoms with Crippen molar-refractivity contribution in [1.82, 2.24) is 10.0 Å². The zero-order valence-electron chi connectivity index (χ0n) is 11.8.